The first-order valence-electron chi connectivity index (χ1n) is 26.8. The van der Waals surface area contributed by atoms with Crippen LogP contribution in [0.3, 0.4) is 0 Å². The zero-order chi connectivity index (χ0) is 52.9. The van der Waals surface area contributed by atoms with E-state index >= 15 is 0 Å². The van der Waals surface area contributed by atoms with E-state index in [1.54, 1.807) is 18.2 Å². The van der Waals surface area contributed by atoms with Crippen LogP contribution in [0.1, 0.15) is 19.2 Å². The third-order valence-electron chi connectivity index (χ3n) is 11.4. The lowest BCUT2D eigenvalue weighted by atomic mass is 9.92. The zero-order valence-electron chi connectivity index (χ0n) is 46.2. The van der Waals surface area contributed by atoms with Gasteiger partial charge in [-0.1, -0.05) is 164 Å². The SMILES string of the molecule is [2H]c1c([2H])c([2H])c(-n2c3c([2H])c([2H])c([2H])c4c5c([2H])c([2H])c([2H])c([2H])c5c5c([2H])c(-c6cccc7c6oc6cc(-c8nc(-c9ccccc9)nc(-c9ccc(-c%10ccccc%10)cc9)n8)ccc67)c([2H])c2c5c43)c([2H])c1[2H]. The Bertz CT molecular complexity index is 4650. The molecule has 0 aliphatic rings. The fraction of sp³-hybridized carbons (Fsp3) is 0. The van der Waals surface area contributed by atoms with Crippen LogP contribution in [0.5, 0.6) is 0 Å². The van der Waals surface area contributed by atoms with E-state index in [9.17, 15) is 8.22 Å². The molecule has 3 aromatic heterocycles. The van der Waals surface area contributed by atoms with Crippen molar-refractivity contribution >= 4 is 65.3 Å². The topological polar surface area (TPSA) is 56.7 Å². The number of rotatable bonds is 6. The molecule has 0 spiro atoms. The fourth-order valence-corrected chi connectivity index (χ4v) is 8.55. The third-order valence-corrected chi connectivity index (χ3v) is 11.4. The van der Waals surface area contributed by atoms with Gasteiger partial charge < -0.3 is 8.98 Å². The molecule has 0 atom stereocenters. The van der Waals surface area contributed by atoms with Crippen molar-refractivity contribution in [1.82, 2.24) is 19.5 Å². The Morgan fingerprint density at radius 3 is 1.76 bits per heavy atom. The van der Waals surface area contributed by atoms with E-state index in [4.69, 9.17) is 30.3 Å². The molecule has 0 fully saturated rings. The van der Waals surface area contributed by atoms with Crippen LogP contribution < -0.4 is 0 Å². The largest absolute Gasteiger partial charge is 0.455 e. The summed E-state index contributed by atoms with van der Waals surface area (Å²) in [5.41, 5.74) is 4.02. The van der Waals surface area contributed by atoms with Crippen molar-refractivity contribution in [3.63, 3.8) is 0 Å². The van der Waals surface area contributed by atoms with Gasteiger partial charge in [0.05, 0.1) is 30.2 Å². The smallest absolute Gasteiger partial charge is 0.164 e. The third kappa shape index (κ3) is 5.32. The summed E-state index contributed by atoms with van der Waals surface area (Å²) < 4.78 is 136. The highest BCUT2D eigenvalue weighted by Gasteiger charge is 2.23. The second-order valence-electron chi connectivity index (χ2n) is 14.9. The molecule has 0 unspecified atom stereocenters. The van der Waals surface area contributed by atoms with Gasteiger partial charge in [-0.2, -0.15) is 0 Å². The molecule has 3 heterocycles. The van der Waals surface area contributed by atoms with Crippen molar-refractivity contribution in [2.45, 2.75) is 0 Å². The number of benzene rings is 10. The molecule has 0 bridgehead atoms. The quantitative estimate of drug-likeness (QED) is 0.157. The molecule has 62 heavy (non-hydrogen) atoms. The Hall–Kier alpha value is -8.41. The summed E-state index contributed by atoms with van der Waals surface area (Å²) in [5.74, 6) is 1.24. The van der Waals surface area contributed by atoms with Gasteiger partial charge in [0, 0.05) is 49.5 Å². The number of aromatic nitrogens is 4. The standard InChI is InChI=1S/C57H34N4O/c1-4-14-35(15-5-1)36-26-28-38(29-27-36)56-58-55(37-16-6-2-7-17-37)59-57(60-56)39-30-31-45-47-24-12-22-42(54(47)62-51(45)34-39)40-32-48-44-21-11-10-20-43(44)46-23-13-25-49-52(46)53(48)50(33-40)61(49)41-18-8-3-9-19-41/h1-34H/i3D,8D,9D,10D,11D,13D,18D,19D,20D,21D,23D,25D,32D,33D. The van der Waals surface area contributed by atoms with Crippen molar-refractivity contribution in [2.75, 3.05) is 0 Å². The lowest BCUT2D eigenvalue weighted by molar-refractivity contribution is 0.670. The van der Waals surface area contributed by atoms with E-state index in [1.807, 2.05) is 103 Å². The normalized spacial score (nSPS) is 15.0. The average Bonchev–Trinajstić information content (AvgIpc) is 4.15. The average molecular weight is 805 g/mol. The minimum absolute atomic E-state index is 0.0183. The molecule has 0 radical (unpaired) electrons. The first kappa shape index (κ1) is 23.4. The molecular formula is C57H34N4O. The summed E-state index contributed by atoms with van der Waals surface area (Å²) in [7, 11) is 0. The molecule has 0 aliphatic heterocycles. The summed E-state index contributed by atoms with van der Waals surface area (Å²) >= 11 is 0. The highest BCUT2D eigenvalue weighted by Crippen LogP contribution is 2.46. The van der Waals surface area contributed by atoms with Crippen LogP contribution in [0, 0.1) is 0 Å². The van der Waals surface area contributed by atoms with Crippen molar-refractivity contribution in [2.24, 2.45) is 0 Å². The molecule has 0 amide bonds. The summed E-state index contributed by atoms with van der Waals surface area (Å²) in [4.78, 5) is 14.8. The van der Waals surface area contributed by atoms with Gasteiger partial charge in [-0.25, -0.2) is 15.0 Å². The van der Waals surface area contributed by atoms with E-state index in [0.29, 0.717) is 39.4 Å². The molecule has 0 saturated carbocycles. The number of para-hydroxylation sites is 2. The summed E-state index contributed by atoms with van der Waals surface area (Å²) in [6.45, 7) is 0. The lowest BCUT2D eigenvalue weighted by Gasteiger charge is -2.11. The lowest BCUT2D eigenvalue weighted by Crippen LogP contribution is -2.00. The highest BCUT2D eigenvalue weighted by molar-refractivity contribution is 6.35. The molecule has 288 valence electrons. The Labute approximate surface area is 375 Å². The van der Waals surface area contributed by atoms with E-state index in [1.165, 1.54) is 0 Å². The Morgan fingerprint density at radius 2 is 1.00 bits per heavy atom. The van der Waals surface area contributed by atoms with Crippen LogP contribution in [0.15, 0.2) is 210 Å². The van der Waals surface area contributed by atoms with Gasteiger partial charge in [-0.15, -0.1) is 0 Å². The number of nitrogens with zero attached hydrogens (tertiary/aromatic N) is 4. The predicted octanol–water partition coefficient (Wildman–Crippen LogP) is 14.9. The summed E-state index contributed by atoms with van der Waals surface area (Å²) in [6, 6.07) is 29.5. The van der Waals surface area contributed by atoms with Crippen LogP contribution in [-0.4, -0.2) is 19.5 Å². The van der Waals surface area contributed by atoms with Crippen LogP contribution in [0.4, 0.5) is 0 Å². The molecule has 5 nitrogen and oxygen atoms in total. The second-order valence-corrected chi connectivity index (χ2v) is 14.9. The van der Waals surface area contributed by atoms with Crippen molar-refractivity contribution < 1.29 is 23.6 Å². The van der Waals surface area contributed by atoms with Crippen LogP contribution in [0.25, 0.3) is 127 Å². The van der Waals surface area contributed by atoms with Crippen molar-refractivity contribution in [3.05, 3.63) is 206 Å². The van der Waals surface area contributed by atoms with Crippen LogP contribution >= 0.6 is 0 Å². The molecular weight excluding hydrogens is 757 g/mol. The Kier molecular flexibility index (Phi) is 5.12. The summed E-state index contributed by atoms with van der Waals surface area (Å²) in [5, 5.41) is 0.486. The van der Waals surface area contributed by atoms with Gasteiger partial charge in [0.25, 0.3) is 0 Å². The minimum Gasteiger partial charge on any atom is -0.455 e. The summed E-state index contributed by atoms with van der Waals surface area (Å²) in [6.07, 6.45) is 0. The van der Waals surface area contributed by atoms with Crippen molar-refractivity contribution in [3.8, 4) is 62.1 Å². The second kappa shape index (κ2) is 13.6. The molecule has 13 rings (SSSR count). The van der Waals surface area contributed by atoms with Crippen LogP contribution in [-0.2, 0) is 0 Å². The maximum Gasteiger partial charge on any atom is 0.164 e. The van der Waals surface area contributed by atoms with Gasteiger partial charge >= 0.3 is 0 Å². The number of fused-ring (bicyclic) bond motifs is 6. The molecule has 0 saturated heterocycles. The molecule has 13 aromatic rings. The van der Waals surface area contributed by atoms with Gasteiger partial charge in [0.2, 0.25) is 0 Å². The Balaban J connectivity index is 1.09. The van der Waals surface area contributed by atoms with Gasteiger partial charge in [0.15, 0.2) is 17.5 Å². The van der Waals surface area contributed by atoms with Gasteiger partial charge in [-0.3, -0.25) is 0 Å². The number of hydrogen-bond donors (Lipinski definition) is 0. The highest BCUT2D eigenvalue weighted by atomic mass is 16.3. The first-order valence-corrected chi connectivity index (χ1v) is 19.8. The maximum atomic E-state index is 10.2. The molecule has 5 heteroatoms. The van der Waals surface area contributed by atoms with E-state index in [0.717, 1.165) is 26.8 Å². The minimum atomic E-state index is -0.726. The number of hydrogen-bond acceptors (Lipinski definition) is 4. The van der Waals surface area contributed by atoms with E-state index in [-0.39, 0.29) is 66.1 Å². The van der Waals surface area contributed by atoms with Gasteiger partial charge in [0.1, 0.15) is 11.2 Å². The maximum absolute atomic E-state index is 10.2. The molecule has 10 aromatic carbocycles. The van der Waals surface area contributed by atoms with Gasteiger partial charge in [-0.05, 0) is 80.6 Å². The zero-order valence-corrected chi connectivity index (χ0v) is 32.2. The van der Waals surface area contributed by atoms with E-state index < -0.39 is 84.2 Å². The first-order chi connectivity index (χ1) is 36.6. The number of furan rings is 1. The van der Waals surface area contributed by atoms with Crippen LogP contribution in [0.2, 0.25) is 0 Å². The van der Waals surface area contributed by atoms with E-state index in [2.05, 4.69) is 0 Å². The molecule has 0 aliphatic carbocycles. The molecule has 0 N–H and O–H groups in total. The monoisotopic (exact) mass is 804 g/mol. The van der Waals surface area contributed by atoms with Crippen molar-refractivity contribution in [1.29, 1.82) is 0 Å². The predicted molar refractivity (Wildman–Crippen MR) is 255 cm³/mol. The fourth-order valence-electron chi connectivity index (χ4n) is 8.55. The Morgan fingerprint density at radius 1 is 0.403 bits per heavy atom.